The molecule has 0 bridgehead atoms. The van der Waals surface area contributed by atoms with Gasteiger partial charge >= 0.3 is 0 Å². The molecule has 0 aromatic heterocycles. The van der Waals surface area contributed by atoms with Crippen LogP contribution in [0.1, 0.15) is 19.8 Å². The van der Waals surface area contributed by atoms with Gasteiger partial charge in [0.15, 0.2) is 9.84 Å². The molecule has 0 aliphatic carbocycles. The van der Waals surface area contributed by atoms with Gasteiger partial charge in [-0.05, 0) is 37.1 Å². The summed E-state index contributed by atoms with van der Waals surface area (Å²) >= 11 is 0. The fourth-order valence-corrected chi connectivity index (χ4v) is 3.76. The summed E-state index contributed by atoms with van der Waals surface area (Å²) in [5.41, 5.74) is 6.72. The van der Waals surface area contributed by atoms with Gasteiger partial charge in [0, 0.05) is 31.9 Å². The van der Waals surface area contributed by atoms with E-state index in [2.05, 4.69) is 10.2 Å². The molecule has 3 N–H and O–H groups in total. The molecule has 27 heavy (non-hydrogen) atoms. The topological polar surface area (TPSA) is 102 Å². The first-order valence-electron chi connectivity index (χ1n) is 8.50. The van der Waals surface area contributed by atoms with Gasteiger partial charge in [0.2, 0.25) is 5.91 Å². The van der Waals surface area contributed by atoms with E-state index < -0.39 is 15.9 Å². The van der Waals surface area contributed by atoms with Crippen LogP contribution in [0.5, 0.6) is 0 Å². The highest BCUT2D eigenvalue weighted by atomic mass is 35.5. The summed E-state index contributed by atoms with van der Waals surface area (Å²) in [6.45, 7) is 3.44. The molecule has 1 aliphatic rings. The summed E-state index contributed by atoms with van der Waals surface area (Å²) in [7, 11) is -1.65. The van der Waals surface area contributed by atoms with Crippen LogP contribution in [0, 0.1) is 0 Å². The first-order valence-corrected chi connectivity index (χ1v) is 10.1. The number of hydrogen-bond donors (Lipinski definition) is 2. The van der Waals surface area contributed by atoms with Gasteiger partial charge in [0.1, 0.15) is 6.04 Å². The first-order chi connectivity index (χ1) is 11.9. The predicted molar refractivity (Wildman–Crippen MR) is 112 cm³/mol. The molecule has 0 saturated carbocycles. The third kappa shape index (κ3) is 7.12. The highest BCUT2D eigenvalue weighted by Crippen LogP contribution is 2.22. The van der Waals surface area contributed by atoms with Gasteiger partial charge in [-0.25, -0.2) is 8.42 Å². The van der Waals surface area contributed by atoms with Crippen LogP contribution in [-0.4, -0.2) is 59.0 Å². The van der Waals surface area contributed by atoms with Crippen molar-refractivity contribution >= 4 is 46.2 Å². The van der Waals surface area contributed by atoms with Gasteiger partial charge in [0.25, 0.3) is 0 Å². The maximum absolute atomic E-state index is 11.9. The van der Waals surface area contributed by atoms with Crippen molar-refractivity contribution < 1.29 is 17.9 Å². The van der Waals surface area contributed by atoms with Crippen LogP contribution in [0.15, 0.2) is 29.2 Å². The molecule has 1 saturated heterocycles. The Morgan fingerprint density at radius 2 is 1.81 bits per heavy atom. The Morgan fingerprint density at radius 3 is 2.30 bits per heavy atom. The summed E-state index contributed by atoms with van der Waals surface area (Å²) in [4.78, 5) is 14.5. The molecule has 0 spiro atoms. The molecule has 10 heteroatoms. The van der Waals surface area contributed by atoms with Gasteiger partial charge in [-0.3, -0.25) is 4.79 Å². The van der Waals surface area contributed by atoms with E-state index in [1.54, 1.807) is 19.1 Å². The number of nitrogens with one attached hydrogen (secondary N) is 1. The van der Waals surface area contributed by atoms with Crippen molar-refractivity contribution in [2.24, 2.45) is 5.73 Å². The number of carbonyl (C=O) groups is 1. The lowest BCUT2D eigenvalue weighted by molar-refractivity contribution is -0.124. The highest BCUT2D eigenvalue weighted by molar-refractivity contribution is 7.91. The van der Waals surface area contributed by atoms with Gasteiger partial charge in [-0.2, -0.15) is 0 Å². The average Bonchev–Trinajstić information content (AvgIpc) is 2.62. The lowest BCUT2D eigenvalue weighted by atomic mass is 10.0. The summed E-state index contributed by atoms with van der Waals surface area (Å²) in [6, 6.07) is 6.46. The average molecular weight is 442 g/mol. The Kier molecular flexibility index (Phi) is 11.2. The van der Waals surface area contributed by atoms with Crippen LogP contribution in [0.2, 0.25) is 0 Å². The van der Waals surface area contributed by atoms with E-state index >= 15 is 0 Å². The molecule has 1 aromatic rings. The zero-order valence-electron chi connectivity index (χ0n) is 15.6. The van der Waals surface area contributed by atoms with Crippen LogP contribution in [0.4, 0.5) is 5.69 Å². The Labute approximate surface area is 173 Å². The number of hydrogen-bond acceptors (Lipinski definition) is 6. The fourth-order valence-electron chi connectivity index (χ4n) is 2.88. The number of carbonyl (C=O) groups excluding carboxylic acids is 1. The van der Waals surface area contributed by atoms with E-state index in [0.29, 0.717) is 4.90 Å². The number of piperidine rings is 1. The molecular formula is C17H29Cl2N3O4S. The van der Waals surface area contributed by atoms with Crippen LogP contribution in [0.25, 0.3) is 0 Å². The normalized spacial score (nSPS) is 16.0. The molecular weight excluding hydrogens is 413 g/mol. The van der Waals surface area contributed by atoms with E-state index in [1.165, 1.54) is 7.11 Å². The first kappa shape index (κ1) is 25.9. The molecule has 7 nitrogen and oxygen atoms in total. The molecule has 1 fully saturated rings. The zero-order valence-corrected chi connectivity index (χ0v) is 18.0. The number of halogens is 2. The minimum absolute atomic E-state index is 0. The van der Waals surface area contributed by atoms with Crippen LogP contribution < -0.4 is 16.0 Å². The molecule has 1 aromatic carbocycles. The molecule has 1 unspecified atom stereocenters. The number of sulfone groups is 1. The van der Waals surface area contributed by atoms with Crippen molar-refractivity contribution in [1.29, 1.82) is 0 Å². The van der Waals surface area contributed by atoms with Gasteiger partial charge in [-0.15, -0.1) is 24.8 Å². The van der Waals surface area contributed by atoms with Gasteiger partial charge in [0.05, 0.1) is 17.3 Å². The van der Waals surface area contributed by atoms with Crippen molar-refractivity contribution in [1.82, 2.24) is 5.32 Å². The molecule has 1 atom stereocenters. The number of rotatable bonds is 7. The Hall–Kier alpha value is -1.06. The maximum atomic E-state index is 11.9. The van der Waals surface area contributed by atoms with Gasteiger partial charge < -0.3 is 20.7 Å². The van der Waals surface area contributed by atoms with E-state index in [4.69, 9.17) is 10.5 Å². The molecule has 1 aliphatic heterocycles. The molecule has 0 radical (unpaired) electrons. The molecule has 156 valence electrons. The third-order valence-corrected chi connectivity index (χ3v) is 6.22. The number of anilines is 1. The lowest BCUT2D eigenvalue weighted by Crippen LogP contribution is -2.50. The largest absolute Gasteiger partial charge is 0.383 e. The molecule has 2 rings (SSSR count). The number of nitrogens with two attached hydrogens (primary N) is 1. The fraction of sp³-hybridized carbons (Fsp3) is 0.588. The molecule has 1 amide bonds. The Morgan fingerprint density at radius 1 is 1.26 bits per heavy atom. The number of benzene rings is 1. The predicted octanol–water partition coefficient (Wildman–Crippen LogP) is 1.38. The number of amides is 1. The SMILES string of the molecule is CCS(=O)(=O)c1ccc(N2CCC(NC(=O)C(N)COC)CC2)cc1.Cl.Cl. The van der Waals surface area contributed by atoms with Crippen molar-refractivity contribution in [2.45, 2.75) is 36.7 Å². The van der Waals surface area contributed by atoms with Crippen molar-refractivity contribution in [3.8, 4) is 0 Å². The number of nitrogens with zero attached hydrogens (tertiary/aromatic N) is 1. The quantitative estimate of drug-likeness (QED) is 0.662. The van der Waals surface area contributed by atoms with Crippen molar-refractivity contribution in [2.75, 3.05) is 37.5 Å². The van der Waals surface area contributed by atoms with Crippen LogP contribution in [0.3, 0.4) is 0 Å². The van der Waals surface area contributed by atoms with Crippen molar-refractivity contribution in [3.63, 3.8) is 0 Å². The lowest BCUT2D eigenvalue weighted by Gasteiger charge is -2.34. The minimum atomic E-state index is -3.17. The third-order valence-electron chi connectivity index (χ3n) is 4.47. The van der Waals surface area contributed by atoms with Crippen LogP contribution >= 0.6 is 24.8 Å². The van der Waals surface area contributed by atoms with Crippen LogP contribution in [-0.2, 0) is 19.4 Å². The summed E-state index contributed by atoms with van der Waals surface area (Å²) in [5, 5.41) is 2.96. The van der Waals surface area contributed by atoms with E-state index in [0.717, 1.165) is 31.6 Å². The Balaban J connectivity index is 0.00000338. The van der Waals surface area contributed by atoms with E-state index in [1.807, 2.05) is 12.1 Å². The molecule has 1 heterocycles. The summed E-state index contributed by atoms with van der Waals surface area (Å²) < 4.78 is 28.6. The summed E-state index contributed by atoms with van der Waals surface area (Å²) in [6.07, 6.45) is 1.64. The number of ether oxygens (including phenoxy) is 1. The number of methoxy groups -OCH3 is 1. The zero-order chi connectivity index (χ0) is 18.4. The standard InChI is InChI=1S/C17H27N3O4S.2ClH/c1-3-25(22,23)15-6-4-14(5-7-15)20-10-8-13(9-11-20)19-17(21)16(18)12-24-2;;/h4-7,13,16H,3,8-12,18H2,1-2H3,(H,19,21);2*1H. The van der Waals surface area contributed by atoms with E-state index in [9.17, 15) is 13.2 Å². The monoisotopic (exact) mass is 441 g/mol. The Bertz CT molecular complexity index is 678. The summed E-state index contributed by atoms with van der Waals surface area (Å²) in [5.74, 6) is -0.0859. The second-order valence-electron chi connectivity index (χ2n) is 6.23. The van der Waals surface area contributed by atoms with Gasteiger partial charge in [-0.1, -0.05) is 6.92 Å². The van der Waals surface area contributed by atoms with E-state index in [-0.39, 0.29) is 49.1 Å². The second kappa shape index (κ2) is 11.7. The maximum Gasteiger partial charge on any atom is 0.239 e. The highest BCUT2D eigenvalue weighted by Gasteiger charge is 2.23. The smallest absolute Gasteiger partial charge is 0.239 e. The second-order valence-corrected chi connectivity index (χ2v) is 8.51. The van der Waals surface area contributed by atoms with Crippen molar-refractivity contribution in [3.05, 3.63) is 24.3 Å². The minimum Gasteiger partial charge on any atom is -0.383 e.